The maximum atomic E-state index is 11.4. The average Bonchev–Trinajstić information content (AvgIpc) is 2.26. The highest BCUT2D eigenvalue weighted by Gasteiger charge is 2.47. The number of rotatable bonds is 3. The van der Waals surface area contributed by atoms with Crippen molar-refractivity contribution in [2.75, 3.05) is 6.61 Å². The predicted molar refractivity (Wildman–Crippen MR) is 64.7 cm³/mol. The van der Waals surface area contributed by atoms with Crippen LogP contribution in [0.3, 0.4) is 0 Å². The summed E-state index contributed by atoms with van der Waals surface area (Å²) >= 11 is 5.79. The van der Waals surface area contributed by atoms with E-state index in [4.69, 9.17) is 16.3 Å². The van der Waals surface area contributed by atoms with Crippen LogP contribution >= 0.6 is 11.6 Å². The Hall–Kier alpha value is -1.06. The van der Waals surface area contributed by atoms with Gasteiger partial charge in [0.15, 0.2) is 0 Å². The molecule has 1 N–H and O–H groups in total. The van der Waals surface area contributed by atoms with E-state index in [1.54, 1.807) is 31.2 Å². The van der Waals surface area contributed by atoms with Gasteiger partial charge in [-0.05, 0) is 37.5 Å². The van der Waals surface area contributed by atoms with Crippen molar-refractivity contribution in [2.24, 2.45) is 5.92 Å². The third-order valence-corrected chi connectivity index (χ3v) is 3.42. The molecule has 0 amide bonds. The number of aliphatic hydroxyl groups is 1. The molecule has 17 heavy (non-hydrogen) atoms. The van der Waals surface area contributed by atoms with E-state index >= 15 is 0 Å². The number of benzene rings is 1. The topological polar surface area (TPSA) is 46.5 Å². The molecule has 1 aliphatic carbocycles. The first-order chi connectivity index (χ1) is 8.05. The van der Waals surface area contributed by atoms with Gasteiger partial charge in [0.05, 0.1) is 18.1 Å². The first-order valence-electron chi connectivity index (χ1n) is 5.70. The zero-order valence-corrected chi connectivity index (χ0v) is 10.4. The summed E-state index contributed by atoms with van der Waals surface area (Å²) in [5.41, 5.74) is -0.0930. The molecule has 0 unspecified atom stereocenters. The lowest BCUT2D eigenvalue weighted by molar-refractivity contribution is -0.165. The molecule has 3 nitrogen and oxygen atoms in total. The predicted octanol–water partition coefficient (Wildman–Crippen LogP) is 2.50. The maximum absolute atomic E-state index is 11.4. The van der Waals surface area contributed by atoms with Crippen LogP contribution < -0.4 is 0 Å². The molecule has 0 atom stereocenters. The number of carbonyl (C=O) groups is 1. The number of esters is 1. The highest BCUT2D eigenvalue weighted by Crippen LogP contribution is 2.46. The smallest absolute Gasteiger partial charge is 0.309 e. The van der Waals surface area contributed by atoms with Gasteiger partial charge < -0.3 is 9.84 Å². The van der Waals surface area contributed by atoms with E-state index in [1.165, 1.54) is 0 Å². The van der Waals surface area contributed by atoms with Crippen LogP contribution in [0.2, 0.25) is 5.02 Å². The molecule has 1 saturated carbocycles. The van der Waals surface area contributed by atoms with Crippen LogP contribution in [-0.2, 0) is 15.1 Å². The highest BCUT2D eigenvalue weighted by molar-refractivity contribution is 6.30. The molecule has 1 aromatic rings. The van der Waals surface area contributed by atoms with Crippen LogP contribution in [0.25, 0.3) is 0 Å². The van der Waals surface area contributed by atoms with Crippen molar-refractivity contribution in [3.8, 4) is 0 Å². The number of carbonyl (C=O) groups excluding carboxylic acids is 1. The van der Waals surface area contributed by atoms with Crippen molar-refractivity contribution >= 4 is 17.6 Å². The van der Waals surface area contributed by atoms with Gasteiger partial charge in [-0.3, -0.25) is 4.79 Å². The molecule has 4 heteroatoms. The minimum atomic E-state index is -0.901. The molecule has 1 aromatic carbocycles. The summed E-state index contributed by atoms with van der Waals surface area (Å²) in [6.07, 6.45) is 0.848. The second-order valence-corrected chi connectivity index (χ2v) is 4.83. The maximum Gasteiger partial charge on any atom is 0.309 e. The molecule has 0 spiro atoms. The Morgan fingerprint density at radius 1 is 1.47 bits per heavy atom. The van der Waals surface area contributed by atoms with E-state index in [0.717, 1.165) is 5.56 Å². The van der Waals surface area contributed by atoms with E-state index in [-0.39, 0.29) is 11.9 Å². The Morgan fingerprint density at radius 3 is 2.59 bits per heavy atom. The van der Waals surface area contributed by atoms with Gasteiger partial charge in [-0.1, -0.05) is 23.7 Å². The Morgan fingerprint density at radius 2 is 2.06 bits per heavy atom. The van der Waals surface area contributed by atoms with Gasteiger partial charge in [-0.25, -0.2) is 0 Å². The standard InChI is InChI=1S/C13H15ClO3/c1-2-17-12(15)9-7-13(16,8-9)10-3-5-11(14)6-4-10/h3-6,9,16H,2,7-8H2,1H3. The lowest BCUT2D eigenvalue weighted by Crippen LogP contribution is -2.45. The monoisotopic (exact) mass is 254 g/mol. The van der Waals surface area contributed by atoms with E-state index < -0.39 is 5.60 Å². The van der Waals surface area contributed by atoms with E-state index in [1.807, 2.05) is 0 Å². The van der Waals surface area contributed by atoms with Crippen LogP contribution in [0.5, 0.6) is 0 Å². The van der Waals surface area contributed by atoms with Crippen LogP contribution in [0, 0.1) is 5.92 Å². The van der Waals surface area contributed by atoms with Gasteiger partial charge in [0.1, 0.15) is 0 Å². The molecular formula is C13H15ClO3. The molecule has 0 radical (unpaired) electrons. The lowest BCUT2D eigenvalue weighted by atomic mass is 9.67. The Bertz CT molecular complexity index is 407. The summed E-state index contributed by atoms with van der Waals surface area (Å²) in [4.78, 5) is 11.4. The third-order valence-electron chi connectivity index (χ3n) is 3.17. The molecule has 92 valence electrons. The first-order valence-corrected chi connectivity index (χ1v) is 6.08. The van der Waals surface area contributed by atoms with E-state index in [0.29, 0.717) is 24.5 Å². The summed E-state index contributed by atoms with van der Waals surface area (Å²) in [5.74, 6) is -0.401. The lowest BCUT2D eigenvalue weighted by Gasteiger charge is -2.42. The van der Waals surface area contributed by atoms with E-state index in [9.17, 15) is 9.90 Å². The Kier molecular flexibility index (Phi) is 3.40. The van der Waals surface area contributed by atoms with Crippen molar-refractivity contribution in [3.63, 3.8) is 0 Å². The van der Waals surface area contributed by atoms with Gasteiger partial charge in [-0.2, -0.15) is 0 Å². The van der Waals surface area contributed by atoms with Gasteiger partial charge in [0, 0.05) is 5.02 Å². The van der Waals surface area contributed by atoms with Gasteiger partial charge in [-0.15, -0.1) is 0 Å². The van der Waals surface area contributed by atoms with Crippen LogP contribution in [0.15, 0.2) is 24.3 Å². The molecule has 0 bridgehead atoms. The SMILES string of the molecule is CCOC(=O)C1CC(O)(c2ccc(Cl)cc2)C1. The molecule has 1 aliphatic rings. The fourth-order valence-electron chi connectivity index (χ4n) is 2.18. The minimum absolute atomic E-state index is 0.185. The van der Waals surface area contributed by atoms with Crippen molar-refractivity contribution in [1.29, 1.82) is 0 Å². The highest BCUT2D eigenvalue weighted by atomic mass is 35.5. The zero-order valence-electron chi connectivity index (χ0n) is 9.65. The molecule has 1 fully saturated rings. The van der Waals surface area contributed by atoms with Gasteiger partial charge >= 0.3 is 5.97 Å². The Balaban J connectivity index is 2.01. The second-order valence-electron chi connectivity index (χ2n) is 4.40. The third kappa shape index (κ3) is 2.45. The largest absolute Gasteiger partial charge is 0.466 e. The van der Waals surface area contributed by atoms with Gasteiger partial charge in [0.2, 0.25) is 0 Å². The molecule has 2 rings (SSSR count). The Labute approximate surface area is 105 Å². The molecule has 0 heterocycles. The van der Waals surface area contributed by atoms with Crippen molar-refractivity contribution in [3.05, 3.63) is 34.9 Å². The normalized spacial score (nSPS) is 27.4. The quantitative estimate of drug-likeness (QED) is 0.843. The summed E-state index contributed by atoms with van der Waals surface area (Å²) in [6.45, 7) is 2.16. The summed E-state index contributed by atoms with van der Waals surface area (Å²) < 4.78 is 4.92. The summed E-state index contributed by atoms with van der Waals surface area (Å²) in [5, 5.41) is 10.9. The summed E-state index contributed by atoms with van der Waals surface area (Å²) in [6, 6.07) is 7.08. The fourth-order valence-corrected chi connectivity index (χ4v) is 2.30. The average molecular weight is 255 g/mol. The van der Waals surface area contributed by atoms with Crippen molar-refractivity contribution in [1.82, 2.24) is 0 Å². The minimum Gasteiger partial charge on any atom is -0.466 e. The zero-order chi connectivity index (χ0) is 12.5. The molecule has 0 saturated heterocycles. The number of hydrogen-bond acceptors (Lipinski definition) is 3. The first kappa shape index (κ1) is 12.4. The number of hydrogen-bond donors (Lipinski definition) is 1. The van der Waals surface area contributed by atoms with Crippen molar-refractivity contribution in [2.45, 2.75) is 25.4 Å². The van der Waals surface area contributed by atoms with Crippen molar-refractivity contribution < 1.29 is 14.6 Å². The fraction of sp³-hybridized carbons (Fsp3) is 0.462. The molecule has 0 aromatic heterocycles. The van der Waals surface area contributed by atoms with Crippen LogP contribution in [0.4, 0.5) is 0 Å². The number of halogens is 1. The van der Waals surface area contributed by atoms with Gasteiger partial charge in [0.25, 0.3) is 0 Å². The second kappa shape index (κ2) is 4.67. The summed E-state index contributed by atoms with van der Waals surface area (Å²) in [7, 11) is 0. The number of ether oxygens (including phenoxy) is 1. The van der Waals surface area contributed by atoms with Crippen LogP contribution in [-0.4, -0.2) is 17.7 Å². The molecular weight excluding hydrogens is 240 g/mol. The molecule has 0 aliphatic heterocycles. The van der Waals surface area contributed by atoms with Crippen LogP contribution in [0.1, 0.15) is 25.3 Å². The van der Waals surface area contributed by atoms with E-state index in [2.05, 4.69) is 0 Å².